The molecule has 2 aromatic rings. The zero-order chi connectivity index (χ0) is 12.1. The lowest BCUT2D eigenvalue weighted by Gasteiger charge is -2.14. The number of benzene rings is 1. The minimum absolute atomic E-state index is 0.204. The summed E-state index contributed by atoms with van der Waals surface area (Å²) in [6, 6.07) is 10.6. The van der Waals surface area contributed by atoms with Gasteiger partial charge in [-0.1, -0.05) is 15.9 Å². The Hall–Kier alpha value is -0.330. The first-order valence-corrected chi connectivity index (χ1v) is 7.88. The van der Waals surface area contributed by atoms with Crippen molar-refractivity contribution in [2.45, 2.75) is 10.9 Å². The van der Waals surface area contributed by atoms with Crippen LogP contribution in [-0.4, -0.2) is 5.75 Å². The first-order valence-electron chi connectivity index (χ1n) is 5.16. The minimum Gasteiger partial charge on any atom is -0.271 e. The highest BCUT2D eigenvalue weighted by molar-refractivity contribution is 9.10. The molecule has 2 rings (SSSR count). The maximum absolute atomic E-state index is 5.59. The van der Waals surface area contributed by atoms with Gasteiger partial charge in [0.15, 0.2) is 0 Å². The first-order chi connectivity index (χ1) is 8.29. The fourth-order valence-electron chi connectivity index (χ4n) is 1.42. The van der Waals surface area contributed by atoms with Crippen molar-refractivity contribution in [2.75, 3.05) is 5.75 Å². The highest BCUT2D eigenvalue weighted by atomic mass is 79.9. The Morgan fingerprint density at radius 1 is 1.29 bits per heavy atom. The molecule has 0 saturated carbocycles. The third-order valence-electron chi connectivity index (χ3n) is 2.38. The smallest absolute Gasteiger partial charge is 0.0562 e. The van der Waals surface area contributed by atoms with Crippen LogP contribution in [0.1, 0.15) is 11.6 Å². The highest BCUT2D eigenvalue weighted by Crippen LogP contribution is 2.26. The fourth-order valence-corrected chi connectivity index (χ4v) is 3.38. The van der Waals surface area contributed by atoms with Gasteiger partial charge in [0, 0.05) is 15.1 Å². The molecule has 1 aromatic carbocycles. The number of thioether (sulfide) groups is 1. The van der Waals surface area contributed by atoms with Crippen LogP contribution >= 0.6 is 39.0 Å². The van der Waals surface area contributed by atoms with E-state index in [-0.39, 0.29) is 6.04 Å². The summed E-state index contributed by atoms with van der Waals surface area (Å²) in [6.07, 6.45) is 0. The van der Waals surface area contributed by atoms with Crippen LogP contribution in [0.2, 0.25) is 0 Å². The normalized spacial score (nSPS) is 12.6. The van der Waals surface area contributed by atoms with Crippen LogP contribution in [0.15, 0.2) is 50.5 Å². The van der Waals surface area contributed by atoms with Crippen molar-refractivity contribution in [1.82, 2.24) is 5.43 Å². The second-order valence-corrected chi connectivity index (χ2v) is 6.33. The van der Waals surface area contributed by atoms with Crippen molar-refractivity contribution in [3.63, 3.8) is 0 Å². The van der Waals surface area contributed by atoms with E-state index in [1.807, 2.05) is 0 Å². The number of nitrogens with two attached hydrogens (primary N) is 1. The molecule has 0 radical (unpaired) electrons. The second kappa shape index (κ2) is 6.56. The zero-order valence-corrected chi connectivity index (χ0v) is 12.3. The van der Waals surface area contributed by atoms with Gasteiger partial charge < -0.3 is 0 Å². The Labute approximate surface area is 118 Å². The topological polar surface area (TPSA) is 38.0 Å². The number of hydrogen-bond donors (Lipinski definition) is 2. The molecule has 0 aliphatic rings. The molecule has 0 fully saturated rings. The van der Waals surface area contributed by atoms with Gasteiger partial charge in [0.25, 0.3) is 0 Å². The maximum Gasteiger partial charge on any atom is 0.0562 e. The number of rotatable bonds is 5. The molecule has 90 valence electrons. The summed E-state index contributed by atoms with van der Waals surface area (Å²) in [5.74, 6) is 6.51. The van der Waals surface area contributed by atoms with Gasteiger partial charge in [0.2, 0.25) is 0 Å². The van der Waals surface area contributed by atoms with Gasteiger partial charge in [-0.25, -0.2) is 0 Å². The number of hydrazine groups is 1. The Morgan fingerprint density at radius 3 is 2.65 bits per heavy atom. The van der Waals surface area contributed by atoms with Crippen LogP contribution < -0.4 is 11.3 Å². The summed E-state index contributed by atoms with van der Waals surface area (Å²) in [4.78, 5) is 1.25. The largest absolute Gasteiger partial charge is 0.271 e. The Bertz CT molecular complexity index is 442. The molecule has 0 spiro atoms. The number of nitrogens with one attached hydrogen (secondary N) is 1. The molecule has 1 atom stereocenters. The van der Waals surface area contributed by atoms with Gasteiger partial charge in [-0.3, -0.25) is 11.3 Å². The average molecular weight is 329 g/mol. The van der Waals surface area contributed by atoms with Gasteiger partial charge in [0.1, 0.15) is 0 Å². The van der Waals surface area contributed by atoms with Crippen LogP contribution in [0, 0.1) is 0 Å². The zero-order valence-electron chi connectivity index (χ0n) is 9.10. The maximum atomic E-state index is 5.59. The minimum atomic E-state index is 0.204. The van der Waals surface area contributed by atoms with Crippen LogP contribution in [0.4, 0.5) is 0 Å². The Kier molecular flexibility index (Phi) is 5.06. The molecule has 0 aliphatic heterocycles. The molecule has 3 N–H and O–H groups in total. The van der Waals surface area contributed by atoms with E-state index in [1.165, 1.54) is 10.5 Å². The summed E-state index contributed by atoms with van der Waals surface area (Å²) >= 11 is 6.93. The van der Waals surface area contributed by atoms with Crippen molar-refractivity contribution in [1.29, 1.82) is 0 Å². The van der Waals surface area contributed by atoms with E-state index in [0.717, 1.165) is 10.2 Å². The lowest BCUT2D eigenvalue weighted by Crippen LogP contribution is -2.29. The molecular formula is C12H13BrN2S2. The SMILES string of the molecule is NNC(CSc1ccc(Br)cc1)c1ccsc1. The Balaban J connectivity index is 1.94. The monoisotopic (exact) mass is 328 g/mol. The van der Waals surface area contributed by atoms with E-state index in [4.69, 9.17) is 5.84 Å². The van der Waals surface area contributed by atoms with Crippen molar-refractivity contribution in [3.05, 3.63) is 51.1 Å². The lowest BCUT2D eigenvalue weighted by molar-refractivity contribution is 0.612. The van der Waals surface area contributed by atoms with Gasteiger partial charge >= 0.3 is 0 Å². The third kappa shape index (κ3) is 3.82. The second-order valence-electron chi connectivity index (χ2n) is 3.54. The predicted octanol–water partition coefficient (Wildman–Crippen LogP) is 3.81. The molecule has 17 heavy (non-hydrogen) atoms. The molecule has 0 saturated heterocycles. The summed E-state index contributed by atoms with van der Waals surface area (Å²) in [7, 11) is 0. The number of halogens is 1. The summed E-state index contributed by atoms with van der Waals surface area (Å²) < 4.78 is 1.10. The molecule has 0 amide bonds. The number of hydrogen-bond acceptors (Lipinski definition) is 4. The van der Waals surface area contributed by atoms with Crippen molar-refractivity contribution in [3.8, 4) is 0 Å². The van der Waals surface area contributed by atoms with E-state index in [0.29, 0.717) is 0 Å². The fraction of sp³-hybridized carbons (Fsp3) is 0.167. The van der Waals surface area contributed by atoms with E-state index >= 15 is 0 Å². The van der Waals surface area contributed by atoms with Gasteiger partial charge in [-0.2, -0.15) is 11.3 Å². The Morgan fingerprint density at radius 2 is 2.06 bits per heavy atom. The third-order valence-corrected chi connectivity index (χ3v) is 4.71. The van der Waals surface area contributed by atoms with Gasteiger partial charge in [-0.15, -0.1) is 11.8 Å². The molecule has 1 heterocycles. The highest BCUT2D eigenvalue weighted by Gasteiger charge is 2.10. The quantitative estimate of drug-likeness (QED) is 0.498. The average Bonchev–Trinajstić information content (AvgIpc) is 2.86. The van der Waals surface area contributed by atoms with E-state index in [2.05, 4.69) is 62.4 Å². The van der Waals surface area contributed by atoms with Crippen molar-refractivity contribution >= 4 is 39.0 Å². The summed E-state index contributed by atoms with van der Waals surface area (Å²) in [6.45, 7) is 0. The first kappa shape index (κ1) is 13.1. The van der Waals surface area contributed by atoms with Crippen molar-refractivity contribution in [2.24, 2.45) is 5.84 Å². The molecule has 1 unspecified atom stereocenters. The lowest BCUT2D eigenvalue weighted by atomic mass is 10.2. The van der Waals surface area contributed by atoms with E-state index in [9.17, 15) is 0 Å². The summed E-state index contributed by atoms with van der Waals surface area (Å²) in [5.41, 5.74) is 4.11. The number of thiophene rings is 1. The predicted molar refractivity (Wildman–Crippen MR) is 79.2 cm³/mol. The molecule has 5 heteroatoms. The van der Waals surface area contributed by atoms with E-state index in [1.54, 1.807) is 23.1 Å². The summed E-state index contributed by atoms with van der Waals surface area (Å²) in [5, 5.41) is 4.20. The van der Waals surface area contributed by atoms with Crippen LogP contribution in [0.5, 0.6) is 0 Å². The van der Waals surface area contributed by atoms with Crippen molar-refractivity contribution < 1.29 is 0 Å². The van der Waals surface area contributed by atoms with Gasteiger partial charge in [0.05, 0.1) is 6.04 Å². The molecule has 0 bridgehead atoms. The van der Waals surface area contributed by atoms with Crippen LogP contribution in [-0.2, 0) is 0 Å². The van der Waals surface area contributed by atoms with Crippen LogP contribution in [0.25, 0.3) is 0 Å². The molecular weight excluding hydrogens is 316 g/mol. The van der Waals surface area contributed by atoms with Crippen LogP contribution in [0.3, 0.4) is 0 Å². The molecule has 2 nitrogen and oxygen atoms in total. The standard InChI is InChI=1S/C12H13BrN2S2/c13-10-1-3-11(4-2-10)17-8-12(15-14)9-5-6-16-7-9/h1-7,12,15H,8,14H2. The molecule has 0 aliphatic carbocycles. The van der Waals surface area contributed by atoms with Gasteiger partial charge in [-0.05, 0) is 46.7 Å². The van der Waals surface area contributed by atoms with E-state index < -0.39 is 0 Å². The molecule has 1 aromatic heterocycles.